The number of rotatable bonds is 4. The van der Waals surface area contributed by atoms with Crippen molar-refractivity contribution in [1.82, 2.24) is 5.32 Å². The lowest BCUT2D eigenvalue weighted by atomic mass is 9.53. The molecule has 0 radical (unpaired) electrons. The minimum atomic E-state index is 0.193. The Bertz CT molecular complexity index is 366. The number of hydrogen-bond acceptors (Lipinski definition) is 2. The molecule has 5 aliphatic rings. The van der Waals surface area contributed by atoms with Crippen molar-refractivity contribution in [2.24, 2.45) is 23.2 Å². The molecule has 0 saturated heterocycles. The molecule has 0 aromatic carbocycles. The average Bonchev–Trinajstić information content (AvgIpc) is 3.06. The van der Waals surface area contributed by atoms with E-state index in [1.165, 1.54) is 51.4 Å². The summed E-state index contributed by atoms with van der Waals surface area (Å²) in [5, 5.41) is 3.48. The smallest absolute Gasteiger partial charge is 0.221 e. The maximum absolute atomic E-state index is 12.4. The third kappa shape index (κ3) is 2.22. The molecule has 2 nitrogen and oxygen atoms in total. The molecule has 0 aromatic rings. The summed E-state index contributed by atoms with van der Waals surface area (Å²) in [4.78, 5) is 12.4. The summed E-state index contributed by atoms with van der Waals surface area (Å²) in [6, 6.07) is 0. The molecular formula is C16H25NOS. The number of hydrogen-bond donors (Lipinski definition) is 2. The van der Waals surface area contributed by atoms with Crippen molar-refractivity contribution >= 4 is 18.5 Å². The van der Waals surface area contributed by atoms with Crippen LogP contribution in [0.3, 0.4) is 0 Å². The molecular weight excluding hydrogens is 254 g/mol. The van der Waals surface area contributed by atoms with Crippen LogP contribution in [0.25, 0.3) is 0 Å². The highest BCUT2D eigenvalue weighted by Gasteiger charge is 2.52. The van der Waals surface area contributed by atoms with E-state index in [-0.39, 0.29) is 11.0 Å². The monoisotopic (exact) mass is 279 g/mol. The van der Waals surface area contributed by atoms with Gasteiger partial charge in [-0.3, -0.25) is 4.79 Å². The molecule has 4 bridgehead atoms. The fourth-order valence-electron chi connectivity index (χ4n) is 5.51. The number of nitrogens with one attached hydrogen (secondary N) is 1. The van der Waals surface area contributed by atoms with Gasteiger partial charge in [-0.05, 0) is 80.3 Å². The highest BCUT2D eigenvalue weighted by molar-refractivity contribution is 7.80. The first kappa shape index (κ1) is 12.6. The molecule has 5 saturated carbocycles. The van der Waals surface area contributed by atoms with E-state index in [9.17, 15) is 4.79 Å². The van der Waals surface area contributed by atoms with Gasteiger partial charge in [0, 0.05) is 12.0 Å². The van der Waals surface area contributed by atoms with Crippen LogP contribution >= 0.6 is 12.6 Å². The predicted octanol–water partition coefficient (Wildman–Crippen LogP) is 3.17. The zero-order valence-electron chi connectivity index (χ0n) is 11.7. The molecule has 0 spiro atoms. The molecule has 5 rings (SSSR count). The second-order valence-electron chi connectivity index (χ2n) is 8.08. The lowest BCUT2D eigenvalue weighted by Crippen LogP contribution is -2.60. The van der Waals surface area contributed by atoms with Gasteiger partial charge in [0.2, 0.25) is 5.91 Å². The van der Waals surface area contributed by atoms with Crippen molar-refractivity contribution in [3.8, 4) is 0 Å². The van der Waals surface area contributed by atoms with Crippen molar-refractivity contribution in [2.45, 2.75) is 63.3 Å². The van der Waals surface area contributed by atoms with Crippen molar-refractivity contribution in [2.75, 3.05) is 5.75 Å². The largest absolute Gasteiger partial charge is 0.351 e. The van der Waals surface area contributed by atoms with Crippen LogP contribution in [-0.2, 0) is 4.79 Å². The number of carbonyl (C=O) groups is 1. The molecule has 0 heterocycles. The first-order chi connectivity index (χ1) is 9.10. The van der Waals surface area contributed by atoms with Gasteiger partial charge >= 0.3 is 0 Å². The van der Waals surface area contributed by atoms with Gasteiger partial charge in [0.1, 0.15) is 0 Å². The Morgan fingerprint density at radius 1 is 1.05 bits per heavy atom. The molecule has 1 N–H and O–H groups in total. The average molecular weight is 279 g/mol. The fraction of sp³-hybridized carbons (Fsp3) is 0.938. The van der Waals surface area contributed by atoms with E-state index in [1.807, 2.05) is 0 Å². The van der Waals surface area contributed by atoms with E-state index >= 15 is 0 Å². The van der Waals surface area contributed by atoms with E-state index in [4.69, 9.17) is 0 Å². The minimum Gasteiger partial charge on any atom is -0.351 e. The molecule has 0 aromatic heterocycles. The molecule has 0 aliphatic heterocycles. The molecule has 5 fully saturated rings. The number of thiol groups is 1. The highest BCUT2D eigenvalue weighted by Crippen LogP contribution is 2.56. The Kier molecular flexibility index (Phi) is 2.75. The van der Waals surface area contributed by atoms with Gasteiger partial charge in [-0.1, -0.05) is 0 Å². The maximum atomic E-state index is 12.4. The first-order valence-corrected chi connectivity index (χ1v) is 8.66. The van der Waals surface area contributed by atoms with Crippen LogP contribution in [0.2, 0.25) is 0 Å². The van der Waals surface area contributed by atoms with Crippen LogP contribution in [0.15, 0.2) is 0 Å². The van der Waals surface area contributed by atoms with Crippen LogP contribution in [0, 0.1) is 23.2 Å². The molecule has 0 atom stereocenters. The summed E-state index contributed by atoms with van der Waals surface area (Å²) >= 11 is 4.41. The van der Waals surface area contributed by atoms with Gasteiger partial charge in [0.25, 0.3) is 0 Å². The highest BCUT2D eigenvalue weighted by atomic mass is 32.1. The molecule has 19 heavy (non-hydrogen) atoms. The van der Waals surface area contributed by atoms with Crippen molar-refractivity contribution in [3.63, 3.8) is 0 Å². The van der Waals surface area contributed by atoms with Gasteiger partial charge < -0.3 is 5.32 Å². The summed E-state index contributed by atoms with van der Waals surface area (Å²) in [6.07, 6.45) is 11.2. The van der Waals surface area contributed by atoms with Crippen LogP contribution in [0.4, 0.5) is 0 Å². The third-order valence-electron chi connectivity index (χ3n) is 6.27. The van der Waals surface area contributed by atoms with Crippen LogP contribution in [-0.4, -0.2) is 17.2 Å². The molecule has 0 unspecified atom stereocenters. The normalized spacial score (nSPS) is 45.2. The molecule has 1 amide bonds. The van der Waals surface area contributed by atoms with Crippen molar-refractivity contribution in [1.29, 1.82) is 0 Å². The lowest BCUT2D eigenvalue weighted by Gasteiger charge is -2.57. The Hall–Kier alpha value is -0.180. The summed E-state index contributed by atoms with van der Waals surface area (Å²) in [5.74, 6) is 3.92. The van der Waals surface area contributed by atoms with Crippen LogP contribution in [0.1, 0.15) is 57.8 Å². The summed E-state index contributed by atoms with van der Waals surface area (Å²) in [6.45, 7) is 0. The third-order valence-corrected chi connectivity index (χ3v) is 6.94. The van der Waals surface area contributed by atoms with E-state index in [0.29, 0.717) is 5.91 Å². The quantitative estimate of drug-likeness (QED) is 0.760. The van der Waals surface area contributed by atoms with Crippen molar-refractivity contribution < 1.29 is 4.79 Å². The van der Waals surface area contributed by atoms with Crippen LogP contribution < -0.4 is 5.32 Å². The van der Waals surface area contributed by atoms with Gasteiger partial charge in [-0.15, -0.1) is 0 Å². The molecule has 106 valence electrons. The zero-order valence-corrected chi connectivity index (χ0v) is 12.6. The Morgan fingerprint density at radius 3 is 2.00 bits per heavy atom. The molecule has 3 heteroatoms. The second-order valence-corrected chi connectivity index (χ2v) is 8.40. The second kappa shape index (κ2) is 4.16. The Balaban J connectivity index is 1.43. The predicted molar refractivity (Wildman–Crippen MR) is 79.2 cm³/mol. The lowest BCUT2D eigenvalue weighted by molar-refractivity contribution is -0.127. The van der Waals surface area contributed by atoms with Gasteiger partial charge in [-0.25, -0.2) is 0 Å². The first-order valence-electron chi connectivity index (χ1n) is 8.02. The van der Waals surface area contributed by atoms with E-state index in [1.54, 1.807) is 0 Å². The Morgan fingerprint density at radius 2 is 1.58 bits per heavy atom. The SMILES string of the molecule is O=C(CC1(CS)CC1)NC12CC3CC(CC(C3)C1)C2. The summed E-state index contributed by atoms with van der Waals surface area (Å²) in [7, 11) is 0. The maximum Gasteiger partial charge on any atom is 0.221 e. The number of carbonyl (C=O) groups excluding carboxylic acids is 1. The van der Waals surface area contributed by atoms with E-state index < -0.39 is 0 Å². The summed E-state index contributed by atoms with van der Waals surface area (Å²) in [5.41, 5.74) is 0.452. The van der Waals surface area contributed by atoms with Crippen LogP contribution in [0.5, 0.6) is 0 Å². The standard InChI is InChI=1S/C16H25NOS/c18-14(9-15(10-19)1-2-15)17-16-6-11-3-12(7-16)5-13(4-11)8-16/h11-13,19H,1-10H2,(H,17,18). The zero-order chi connectivity index (χ0) is 13.1. The van der Waals surface area contributed by atoms with Gasteiger partial charge in [0.05, 0.1) is 0 Å². The number of amides is 1. The van der Waals surface area contributed by atoms with E-state index in [0.717, 1.165) is 29.9 Å². The Labute approximate surface area is 121 Å². The molecule has 5 aliphatic carbocycles. The summed E-state index contributed by atoms with van der Waals surface area (Å²) < 4.78 is 0. The topological polar surface area (TPSA) is 29.1 Å². The fourth-order valence-corrected chi connectivity index (χ4v) is 5.94. The van der Waals surface area contributed by atoms with Crippen molar-refractivity contribution in [3.05, 3.63) is 0 Å². The van der Waals surface area contributed by atoms with Gasteiger partial charge in [0.15, 0.2) is 0 Å². The minimum absolute atomic E-state index is 0.193. The van der Waals surface area contributed by atoms with E-state index in [2.05, 4.69) is 17.9 Å². The van der Waals surface area contributed by atoms with Gasteiger partial charge in [-0.2, -0.15) is 12.6 Å².